The molecule has 1 aromatic rings. The Kier molecular flexibility index (Phi) is 3.37. The van der Waals surface area contributed by atoms with Crippen molar-refractivity contribution in [1.82, 2.24) is 5.32 Å². The topological polar surface area (TPSA) is 12.0 Å². The molecule has 1 aromatic carbocycles. The molecule has 82 valence electrons. The molecule has 1 heterocycles. The highest BCUT2D eigenvalue weighted by atomic mass is 19.1. The summed E-state index contributed by atoms with van der Waals surface area (Å²) < 4.78 is 13.3. The molecule has 0 aromatic heterocycles. The van der Waals surface area contributed by atoms with Crippen molar-refractivity contribution in [3.63, 3.8) is 0 Å². The molecule has 1 saturated heterocycles. The van der Waals surface area contributed by atoms with Gasteiger partial charge in [-0.25, -0.2) is 4.39 Å². The highest BCUT2D eigenvalue weighted by Gasteiger charge is 2.15. The summed E-state index contributed by atoms with van der Waals surface area (Å²) in [6, 6.07) is 5.45. The van der Waals surface area contributed by atoms with Crippen molar-refractivity contribution in [2.75, 3.05) is 13.1 Å². The van der Waals surface area contributed by atoms with E-state index in [4.69, 9.17) is 0 Å². The van der Waals surface area contributed by atoms with Crippen LogP contribution >= 0.6 is 0 Å². The summed E-state index contributed by atoms with van der Waals surface area (Å²) >= 11 is 0. The van der Waals surface area contributed by atoms with Crippen molar-refractivity contribution in [1.29, 1.82) is 0 Å². The van der Waals surface area contributed by atoms with Crippen LogP contribution in [0.4, 0.5) is 4.39 Å². The first-order valence-electron chi connectivity index (χ1n) is 5.77. The average molecular weight is 207 g/mol. The van der Waals surface area contributed by atoms with Gasteiger partial charge in [0.15, 0.2) is 0 Å². The molecule has 1 unspecified atom stereocenters. The summed E-state index contributed by atoms with van der Waals surface area (Å²) in [6.07, 6.45) is 3.14. The zero-order valence-electron chi connectivity index (χ0n) is 9.22. The monoisotopic (exact) mass is 207 g/mol. The van der Waals surface area contributed by atoms with Crippen LogP contribution < -0.4 is 5.32 Å². The van der Waals surface area contributed by atoms with Gasteiger partial charge in [-0.1, -0.05) is 13.0 Å². The third-order valence-corrected chi connectivity index (χ3v) is 3.11. The van der Waals surface area contributed by atoms with Crippen LogP contribution in [0.2, 0.25) is 0 Å². The maximum Gasteiger partial charge on any atom is 0.123 e. The highest BCUT2D eigenvalue weighted by molar-refractivity contribution is 5.25. The zero-order valence-corrected chi connectivity index (χ0v) is 9.22. The van der Waals surface area contributed by atoms with Gasteiger partial charge in [-0.15, -0.1) is 0 Å². The second-order valence-electron chi connectivity index (χ2n) is 4.38. The Morgan fingerprint density at radius 3 is 2.80 bits per heavy atom. The summed E-state index contributed by atoms with van der Waals surface area (Å²) in [6.45, 7) is 4.26. The van der Waals surface area contributed by atoms with E-state index in [0.29, 0.717) is 5.92 Å². The normalized spacial score (nSPS) is 20.8. The third-order valence-electron chi connectivity index (χ3n) is 3.11. The molecule has 0 amide bonds. The molecule has 1 N–H and O–H groups in total. The Balaban J connectivity index is 2.09. The van der Waals surface area contributed by atoms with Crippen molar-refractivity contribution in [2.45, 2.75) is 26.2 Å². The van der Waals surface area contributed by atoms with Gasteiger partial charge in [-0.05, 0) is 61.5 Å². The lowest BCUT2D eigenvalue weighted by Crippen LogP contribution is -2.11. The van der Waals surface area contributed by atoms with E-state index in [1.807, 2.05) is 0 Å². The summed E-state index contributed by atoms with van der Waals surface area (Å²) in [7, 11) is 0. The minimum Gasteiger partial charge on any atom is -0.316 e. The van der Waals surface area contributed by atoms with Gasteiger partial charge in [0, 0.05) is 0 Å². The Morgan fingerprint density at radius 1 is 1.33 bits per heavy atom. The van der Waals surface area contributed by atoms with Gasteiger partial charge in [0.25, 0.3) is 0 Å². The van der Waals surface area contributed by atoms with Crippen molar-refractivity contribution in [3.8, 4) is 0 Å². The van der Waals surface area contributed by atoms with Crippen LogP contribution in [0, 0.1) is 11.7 Å². The van der Waals surface area contributed by atoms with Gasteiger partial charge in [0.05, 0.1) is 0 Å². The predicted molar refractivity (Wildman–Crippen MR) is 60.5 cm³/mol. The number of halogens is 1. The minimum absolute atomic E-state index is 0.0877. The van der Waals surface area contributed by atoms with Crippen LogP contribution in [-0.4, -0.2) is 13.1 Å². The largest absolute Gasteiger partial charge is 0.316 e. The van der Waals surface area contributed by atoms with Crippen LogP contribution in [0.1, 0.15) is 24.5 Å². The quantitative estimate of drug-likeness (QED) is 0.803. The summed E-state index contributed by atoms with van der Waals surface area (Å²) in [5, 5.41) is 3.34. The van der Waals surface area contributed by atoms with Gasteiger partial charge in [-0.3, -0.25) is 0 Å². The van der Waals surface area contributed by atoms with E-state index in [-0.39, 0.29) is 5.82 Å². The lowest BCUT2D eigenvalue weighted by atomic mass is 9.97. The van der Waals surface area contributed by atoms with E-state index < -0.39 is 0 Å². The second kappa shape index (κ2) is 4.75. The number of hydrogen-bond acceptors (Lipinski definition) is 1. The van der Waals surface area contributed by atoms with Gasteiger partial charge >= 0.3 is 0 Å². The number of nitrogens with one attached hydrogen (secondary N) is 1. The standard InChI is InChI=1S/C13H18FN/c1-2-10-5-12(8-13(14)7-10)6-11-3-4-15-9-11/h5,7-8,11,15H,2-4,6,9H2,1H3. The fourth-order valence-corrected chi connectivity index (χ4v) is 2.26. The Hall–Kier alpha value is -0.890. The molecular weight excluding hydrogens is 189 g/mol. The number of benzene rings is 1. The maximum absolute atomic E-state index is 13.3. The second-order valence-corrected chi connectivity index (χ2v) is 4.38. The molecule has 0 bridgehead atoms. The average Bonchev–Trinajstić information content (AvgIpc) is 2.69. The first-order chi connectivity index (χ1) is 7.28. The zero-order chi connectivity index (χ0) is 10.7. The predicted octanol–water partition coefficient (Wildman–Crippen LogP) is 2.54. The lowest BCUT2D eigenvalue weighted by Gasteiger charge is -2.09. The van der Waals surface area contributed by atoms with E-state index in [0.717, 1.165) is 37.1 Å². The van der Waals surface area contributed by atoms with Gasteiger partial charge in [0.2, 0.25) is 0 Å². The molecule has 0 radical (unpaired) electrons. The Bertz CT molecular complexity index is 329. The minimum atomic E-state index is -0.0877. The maximum atomic E-state index is 13.3. The molecule has 2 rings (SSSR count). The van der Waals surface area contributed by atoms with E-state index >= 15 is 0 Å². The van der Waals surface area contributed by atoms with E-state index in [2.05, 4.69) is 18.3 Å². The van der Waals surface area contributed by atoms with Crippen LogP contribution in [-0.2, 0) is 12.8 Å². The summed E-state index contributed by atoms with van der Waals surface area (Å²) in [5.41, 5.74) is 2.26. The summed E-state index contributed by atoms with van der Waals surface area (Å²) in [4.78, 5) is 0. The van der Waals surface area contributed by atoms with Crippen molar-refractivity contribution in [3.05, 3.63) is 35.1 Å². The molecule has 1 atom stereocenters. The molecular formula is C13H18FN. The van der Waals surface area contributed by atoms with Crippen LogP contribution in [0.15, 0.2) is 18.2 Å². The Morgan fingerprint density at radius 2 is 2.13 bits per heavy atom. The molecule has 1 fully saturated rings. The van der Waals surface area contributed by atoms with Gasteiger partial charge in [-0.2, -0.15) is 0 Å². The first kappa shape index (κ1) is 10.6. The fraction of sp³-hybridized carbons (Fsp3) is 0.538. The van der Waals surface area contributed by atoms with E-state index in [9.17, 15) is 4.39 Å². The molecule has 0 saturated carbocycles. The van der Waals surface area contributed by atoms with E-state index in [1.54, 1.807) is 12.1 Å². The van der Waals surface area contributed by atoms with Crippen molar-refractivity contribution >= 4 is 0 Å². The molecule has 1 nitrogen and oxygen atoms in total. The molecule has 1 aliphatic rings. The van der Waals surface area contributed by atoms with Crippen LogP contribution in [0.5, 0.6) is 0 Å². The molecule has 0 aliphatic carbocycles. The number of hydrogen-bond donors (Lipinski definition) is 1. The molecule has 0 spiro atoms. The molecule has 2 heteroatoms. The fourth-order valence-electron chi connectivity index (χ4n) is 2.26. The Labute approximate surface area is 90.7 Å². The summed E-state index contributed by atoms with van der Waals surface area (Å²) in [5.74, 6) is 0.604. The van der Waals surface area contributed by atoms with E-state index in [1.165, 1.54) is 6.42 Å². The van der Waals surface area contributed by atoms with Crippen LogP contribution in [0.3, 0.4) is 0 Å². The lowest BCUT2D eigenvalue weighted by molar-refractivity contribution is 0.572. The first-order valence-corrected chi connectivity index (χ1v) is 5.77. The van der Waals surface area contributed by atoms with Crippen molar-refractivity contribution < 1.29 is 4.39 Å². The van der Waals surface area contributed by atoms with Gasteiger partial charge < -0.3 is 5.32 Å². The number of rotatable bonds is 3. The number of aryl methyl sites for hydroxylation is 1. The SMILES string of the molecule is CCc1cc(F)cc(CC2CCNC2)c1. The van der Waals surface area contributed by atoms with Crippen LogP contribution in [0.25, 0.3) is 0 Å². The molecule has 1 aliphatic heterocycles. The smallest absolute Gasteiger partial charge is 0.123 e. The van der Waals surface area contributed by atoms with Gasteiger partial charge in [0.1, 0.15) is 5.82 Å². The highest BCUT2D eigenvalue weighted by Crippen LogP contribution is 2.17. The molecule has 15 heavy (non-hydrogen) atoms. The van der Waals surface area contributed by atoms with Crippen molar-refractivity contribution in [2.24, 2.45) is 5.92 Å². The third kappa shape index (κ3) is 2.78.